The van der Waals surface area contributed by atoms with Crippen molar-refractivity contribution in [2.45, 2.75) is 19.9 Å². The van der Waals surface area contributed by atoms with Crippen molar-refractivity contribution in [3.05, 3.63) is 29.3 Å². The van der Waals surface area contributed by atoms with Crippen LogP contribution >= 0.6 is 0 Å². The second kappa shape index (κ2) is 5.34. The van der Waals surface area contributed by atoms with Crippen LogP contribution in [0, 0.1) is 6.92 Å². The SMILES string of the molecule is CNC(=O)C(C)Nc1ccc(C(=O)O)cc1C. The summed E-state index contributed by atoms with van der Waals surface area (Å²) in [4.78, 5) is 22.1. The molecule has 0 aliphatic carbocycles. The molecule has 0 aliphatic rings. The van der Waals surface area contributed by atoms with Crippen LogP contribution in [0.15, 0.2) is 18.2 Å². The monoisotopic (exact) mass is 236 g/mol. The summed E-state index contributed by atoms with van der Waals surface area (Å²) < 4.78 is 0. The highest BCUT2D eigenvalue weighted by molar-refractivity contribution is 5.89. The van der Waals surface area contributed by atoms with Crippen LogP contribution in [-0.2, 0) is 4.79 Å². The van der Waals surface area contributed by atoms with Crippen molar-refractivity contribution in [3.63, 3.8) is 0 Å². The van der Waals surface area contributed by atoms with E-state index in [1.807, 2.05) is 0 Å². The maximum atomic E-state index is 11.3. The first kappa shape index (κ1) is 13.0. The number of aryl methyl sites for hydroxylation is 1. The average molecular weight is 236 g/mol. The molecule has 0 fully saturated rings. The molecule has 0 spiro atoms. The van der Waals surface area contributed by atoms with Gasteiger partial charge in [0.05, 0.1) is 5.56 Å². The van der Waals surface area contributed by atoms with Crippen LogP contribution in [0.2, 0.25) is 0 Å². The minimum absolute atomic E-state index is 0.119. The van der Waals surface area contributed by atoms with E-state index in [1.54, 1.807) is 33.0 Å². The summed E-state index contributed by atoms with van der Waals surface area (Å²) in [6.07, 6.45) is 0. The molecule has 0 saturated carbocycles. The lowest BCUT2D eigenvalue weighted by atomic mass is 10.1. The number of hydrogen-bond donors (Lipinski definition) is 3. The van der Waals surface area contributed by atoms with Crippen molar-refractivity contribution in [1.82, 2.24) is 5.32 Å². The lowest BCUT2D eigenvalue weighted by molar-refractivity contribution is -0.121. The van der Waals surface area contributed by atoms with E-state index in [0.29, 0.717) is 0 Å². The summed E-state index contributed by atoms with van der Waals surface area (Å²) in [5.41, 5.74) is 1.78. The Kier molecular flexibility index (Phi) is 4.09. The third-order valence-electron chi connectivity index (χ3n) is 2.49. The zero-order valence-electron chi connectivity index (χ0n) is 10.1. The van der Waals surface area contributed by atoms with Crippen LogP contribution in [0.5, 0.6) is 0 Å². The van der Waals surface area contributed by atoms with Gasteiger partial charge in [-0.15, -0.1) is 0 Å². The van der Waals surface area contributed by atoms with Crippen molar-refractivity contribution in [2.24, 2.45) is 0 Å². The Morgan fingerprint density at radius 3 is 2.47 bits per heavy atom. The van der Waals surface area contributed by atoms with Gasteiger partial charge in [-0.3, -0.25) is 4.79 Å². The van der Waals surface area contributed by atoms with Crippen LogP contribution < -0.4 is 10.6 Å². The third-order valence-corrected chi connectivity index (χ3v) is 2.49. The number of carboxylic acids is 1. The maximum absolute atomic E-state index is 11.3. The van der Waals surface area contributed by atoms with Crippen LogP contribution in [0.4, 0.5) is 5.69 Å². The first-order valence-corrected chi connectivity index (χ1v) is 5.27. The van der Waals surface area contributed by atoms with E-state index in [4.69, 9.17) is 5.11 Å². The molecular weight excluding hydrogens is 220 g/mol. The zero-order chi connectivity index (χ0) is 13.0. The van der Waals surface area contributed by atoms with E-state index in [0.717, 1.165) is 11.3 Å². The molecule has 0 aliphatic heterocycles. The van der Waals surface area contributed by atoms with Crippen molar-refractivity contribution in [2.75, 3.05) is 12.4 Å². The number of benzene rings is 1. The van der Waals surface area contributed by atoms with Gasteiger partial charge in [-0.2, -0.15) is 0 Å². The summed E-state index contributed by atoms with van der Waals surface area (Å²) in [5, 5.41) is 14.4. The Balaban J connectivity index is 2.86. The van der Waals surface area contributed by atoms with Crippen molar-refractivity contribution in [3.8, 4) is 0 Å². The molecular formula is C12H16N2O3. The van der Waals surface area contributed by atoms with Gasteiger partial charge in [0, 0.05) is 12.7 Å². The van der Waals surface area contributed by atoms with E-state index in [9.17, 15) is 9.59 Å². The normalized spacial score (nSPS) is 11.7. The van der Waals surface area contributed by atoms with Gasteiger partial charge in [-0.05, 0) is 37.6 Å². The number of anilines is 1. The summed E-state index contributed by atoms with van der Waals surface area (Å²) in [5.74, 6) is -1.08. The minimum Gasteiger partial charge on any atom is -0.478 e. The molecule has 3 N–H and O–H groups in total. The van der Waals surface area contributed by atoms with Crippen molar-refractivity contribution < 1.29 is 14.7 Å². The quantitative estimate of drug-likeness (QED) is 0.735. The fourth-order valence-corrected chi connectivity index (χ4v) is 1.47. The lowest BCUT2D eigenvalue weighted by Crippen LogP contribution is -2.35. The van der Waals surface area contributed by atoms with E-state index >= 15 is 0 Å². The van der Waals surface area contributed by atoms with E-state index in [-0.39, 0.29) is 17.5 Å². The van der Waals surface area contributed by atoms with Crippen LogP contribution in [0.25, 0.3) is 0 Å². The van der Waals surface area contributed by atoms with Gasteiger partial charge in [0.25, 0.3) is 0 Å². The molecule has 1 unspecified atom stereocenters. The first-order valence-electron chi connectivity index (χ1n) is 5.27. The average Bonchev–Trinajstić information content (AvgIpc) is 2.30. The molecule has 1 atom stereocenters. The Hall–Kier alpha value is -2.04. The lowest BCUT2D eigenvalue weighted by Gasteiger charge is -2.15. The molecule has 1 aromatic carbocycles. The van der Waals surface area contributed by atoms with Gasteiger partial charge in [-0.1, -0.05) is 0 Å². The van der Waals surface area contributed by atoms with Crippen molar-refractivity contribution >= 4 is 17.6 Å². The molecule has 0 heterocycles. The molecule has 0 saturated heterocycles. The Morgan fingerprint density at radius 1 is 1.35 bits per heavy atom. The molecule has 92 valence electrons. The van der Waals surface area contributed by atoms with Crippen LogP contribution in [0.1, 0.15) is 22.8 Å². The van der Waals surface area contributed by atoms with Gasteiger partial charge >= 0.3 is 5.97 Å². The van der Waals surface area contributed by atoms with Gasteiger partial charge in [0.1, 0.15) is 6.04 Å². The number of hydrogen-bond acceptors (Lipinski definition) is 3. The molecule has 0 aromatic heterocycles. The number of aromatic carboxylic acids is 1. The highest BCUT2D eigenvalue weighted by Crippen LogP contribution is 2.17. The molecule has 1 aromatic rings. The standard InChI is InChI=1S/C12H16N2O3/c1-7-6-9(12(16)17)4-5-10(7)14-8(2)11(15)13-3/h4-6,8,14H,1-3H3,(H,13,15)(H,16,17). The molecule has 0 bridgehead atoms. The predicted octanol–water partition coefficient (Wildman–Crippen LogP) is 1.24. The van der Waals surface area contributed by atoms with Gasteiger partial charge in [0.15, 0.2) is 0 Å². The smallest absolute Gasteiger partial charge is 0.335 e. The topological polar surface area (TPSA) is 78.4 Å². The summed E-state index contributed by atoms with van der Waals surface area (Å²) in [6, 6.07) is 4.38. The molecule has 5 nitrogen and oxygen atoms in total. The fraction of sp³-hybridized carbons (Fsp3) is 0.333. The zero-order valence-corrected chi connectivity index (χ0v) is 10.1. The van der Waals surface area contributed by atoms with E-state index in [2.05, 4.69) is 10.6 Å². The number of amides is 1. The summed E-state index contributed by atoms with van der Waals surface area (Å²) >= 11 is 0. The molecule has 1 amide bonds. The maximum Gasteiger partial charge on any atom is 0.335 e. The van der Waals surface area contributed by atoms with E-state index in [1.165, 1.54) is 6.07 Å². The summed E-state index contributed by atoms with van der Waals surface area (Å²) in [7, 11) is 1.57. The van der Waals surface area contributed by atoms with Crippen LogP contribution in [-0.4, -0.2) is 30.1 Å². The Bertz CT molecular complexity index is 443. The van der Waals surface area contributed by atoms with Crippen LogP contribution in [0.3, 0.4) is 0 Å². The molecule has 1 rings (SSSR count). The number of carboxylic acid groups (broad SMARTS) is 1. The van der Waals surface area contributed by atoms with Gasteiger partial charge in [0.2, 0.25) is 5.91 Å². The second-order valence-corrected chi connectivity index (χ2v) is 3.82. The Morgan fingerprint density at radius 2 is 2.00 bits per heavy atom. The largest absolute Gasteiger partial charge is 0.478 e. The number of carbonyl (C=O) groups excluding carboxylic acids is 1. The molecule has 17 heavy (non-hydrogen) atoms. The Labute approximate surface area is 99.8 Å². The van der Waals surface area contributed by atoms with Gasteiger partial charge in [-0.25, -0.2) is 4.79 Å². The third kappa shape index (κ3) is 3.21. The first-order chi connectivity index (χ1) is 7.95. The fourth-order valence-electron chi connectivity index (χ4n) is 1.47. The van der Waals surface area contributed by atoms with Gasteiger partial charge < -0.3 is 15.7 Å². The minimum atomic E-state index is -0.959. The van der Waals surface area contributed by atoms with E-state index < -0.39 is 5.97 Å². The number of carbonyl (C=O) groups is 2. The number of rotatable bonds is 4. The second-order valence-electron chi connectivity index (χ2n) is 3.82. The van der Waals surface area contributed by atoms with Crippen molar-refractivity contribution in [1.29, 1.82) is 0 Å². The molecule has 0 radical (unpaired) electrons. The highest BCUT2D eigenvalue weighted by Gasteiger charge is 2.12. The molecule has 5 heteroatoms. The number of likely N-dealkylation sites (N-methyl/N-ethyl adjacent to an activating group) is 1. The predicted molar refractivity (Wildman–Crippen MR) is 65.3 cm³/mol. The highest BCUT2D eigenvalue weighted by atomic mass is 16.4. The number of nitrogens with one attached hydrogen (secondary N) is 2. The summed E-state index contributed by atoms with van der Waals surface area (Å²) in [6.45, 7) is 3.54.